The van der Waals surface area contributed by atoms with Gasteiger partial charge in [0.2, 0.25) is 5.88 Å². The van der Waals surface area contributed by atoms with Gasteiger partial charge in [-0.25, -0.2) is 9.78 Å². The second-order valence-corrected chi connectivity index (χ2v) is 6.93. The van der Waals surface area contributed by atoms with Crippen LogP contribution in [0.3, 0.4) is 0 Å². The summed E-state index contributed by atoms with van der Waals surface area (Å²) in [5, 5.41) is 0.568. The quantitative estimate of drug-likeness (QED) is 0.487. The monoisotopic (exact) mass is 434 g/mol. The lowest BCUT2D eigenvalue weighted by Gasteiger charge is -2.22. The van der Waals surface area contributed by atoms with E-state index < -0.39 is 23.9 Å². The van der Waals surface area contributed by atoms with Crippen molar-refractivity contribution in [2.75, 3.05) is 11.5 Å². The summed E-state index contributed by atoms with van der Waals surface area (Å²) >= 11 is 5.84. The Bertz CT molecular complexity index is 1060. The maximum absolute atomic E-state index is 13.1. The molecule has 9 heteroatoms. The molecule has 1 aliphatic rings. The lowest BCUT2D eigenvalue weighted by atomic mass is 10.0. The van der Waals surface area contributed by atoms with Gasteiger partial charge in [0.1, 0.15) is 12.4 Å². The molecule has 2 aromatic carbocycles. The van der Waals surface area contributed by atoms with Crippen LogP contribution in [0, 0.1) is 0 Å². The number of anilines is 1. The summed E-state index contributed by atoms with van der Waals surface area (Å²) < 4.78 is 49.9. The second kappa shape index (κ2) is 7.87. The largest absolute Gasteiger partial charge is 0.447 e. The van der Waals surface area contributed by atoms with Crippen molar-refractivity contribution in [1.82, 2.24) is 4.98 Å². The predicted molar refractivity (Wildman–Crippen MR) is 104 cm³/mol. The Morgan fingerprint density at radius 3 is 2.53 bits per heavy atom. The first-order valence-electron chi connectivity index (χ1n) is 8.84. The topological polar surface area (TPSA) is 51.7 Å². The van der Waals surface area contributed by atoms with Gasteiger partial charge < -0.3 is 9.47 Å². The third-order valence-corrected chi connectivity index (χ3v) is 4.76. The van der Waals surface area contributed by atoms with Crippen molar-refractivity contribution in [2.45, 2.75) is 12.2 Å². The highest BCUT2D eigenvalue weighted by molar-refractivity contribution is 6.30. The van der Waals surface area contributed by atoms with Gasteiger partial charge in [-0.1, -0.05) is 23.7 Å². The molecule has 0 aliphatic carbocycles. The Kier molecular flexibility index (Phi) is 5.26. The van der Waals surface area contributed by atoms with E-state index in [9.17, 15) is 18.0 Å². The zero-order valence-electron chi connectivity index (χ0n) is 15.3. The van der Waals surface area contributed by atoms with E-state index in [1.807, 2.05) is 0 Å². The van der Waals surface area contributed by atoms with Gasteiger partial charge in [-0.2, -0.15) is 13.2 Å². The number of cyclic esters (lactones) is 1. The third-order valence-electron chi connectivity index (χ3n) is 4.51. The molecule has 0 spiro atoms. The number of hydrogen-bond donors (Lipinski definition) is 0. The van der Waals surface area contributed by atoms with Crippen LogP contribution >= 0.6 is 11.6 Å². The zero-order valence-corrected chi connectivity index (χ0v) is 16.0. The van der Waals surface area contributed by atoms with Crippen molar-refractivity contribution in [2.24, 2.45) is 0 Å². The van der Waals surface area contributed by atoms with Crippen molar-refractivity contribution in [3.8, 4) is 11.6 Å². The standard InChI is InChI=1S/C21H14ClF3N2O3/c22-15-4-7-17(8-5-15)30-19-9-6-16(11-26-19)27-18(12-29-20(27)28)13-2-1-3-14(10-13)21(23,24)25/h1-11,18H,12H2/t18-/m1/s1. The summed E-state index contributed by atoms with van der Waals surface area (Å²) in [6.07, 6.45) is -3.74. The van der Waals surface area contributed by atoms with E-state index in [1.54, 1.807) is 36.4 Å². The number of rotatable bonds is 4. The molecule has 1 atom stereocenters. The maximum Gasteiger partial charge on any atom is 0.416 e. The molecule has 1 saturated heterocycles. The minimum atomic E-state index is -4.48. The van der Waals surface area contributed by atoms with E-state index >= 15 is 0 Å². The van der Waals surface area contributed by atoms with Gasteiger partial charge in [-0.3, -0.25) is 4.90 Å². The van der Waals surface area contributed by atoms with E-state index in [-0.39, 0.29) is 12.5 Å². The first-order valence-corrected chi connectivity index (χ1v) is 9.22. The molecule has 30 heavy (non-hydrogen) atoms. The van der Waals surface area contributed by atoms with Gasteiger partial charge in [0.05, 0.1) is 23.5 Å². The van der Waals surface area contributed by atoms with Crippen LogP contribution in [0.25, 0.3) is 0 Å². The average molecular weight is 435 g/mol. The summed E-state index contributed by atoms with van der Waals surface area (Å²) in [6.45, 7) is -0.0663. The normalized spacial score (nSPS) is 16.5. The lowest BCUT2D eigenvalue weighted by Crippen LogP contribution is -2.27. The molecule has 4 rings (SSSR count). The molecular formula is C21H14ClF3N2O3. The molecule has 0 saturated carbocycles. The van der Waals surface area contributed by atoms with E-state index in [1.165, 1.54) is 23.2 Å². The maximum atomic E-state index is 13.1. The zero-order chi connectivity index (χ0) is 21.3. The molecule has 0 unspecified atom stereocenters. The van der Waals surface area contributed by atoms with Crippen LogP contribution in [0.1, 0.15) is 17.2 Å². The molecule has 2 heterocycles. The third kappa shape index (κ3) is 4.18. The molecule has 154 valence electrons. The minimum absolute atomic E-state index is 0.0663. The fourth-order valence-corrected chi connectivity index (χ4v) is 3.20. The summed E-state index contributed by atoms with van der Waals surface area (Å²) in [7, 11) is 0. The number of carbonyl (C=O) groups excluding carboxylic acids is 1. The van der Waals surface area contributed by atoms with Crippen molar-refractivity contribution in [1.29, 1.82) is 0 Å². The number of halogens is 4. The van der Waals surface area contributed by atoms with Crippen LogP contribution in [0.2, 0.25) is 5.02 Å². The fraction of sp³-hybridized carbons (Fsp3) is 0.143. The van der Waals surface area contributed by atoms with Crippen LogP contribution in [0.15, 0.2) is 66.9 Å². The number of hydrogen-bond acceptors (Lipinski definition) is 4. The van der Waals surface area contributed by atoms with Gasteiger partial charge in [0, 0.05) is 11.1 Å². The van der Waals surface area contributed by atoms with E-state index in [0.717, 1.165) is 12.1 Å². The summed E-state index contributed by atoms with van der Waals surface area (Å²) in [5.41, 5.74) is -0.0929. The highest BCUT2D eigenvalue weighted by Crippen LogP contribution is 2.36. The predicted octanol–water partition coefficient (Wildman–Crippen LogP) is 6.24. The van der Waals surface area contributed by atoms with Crippen LogP contribution < -0.4 is 9.64 Å². The molecule has 1 amide bonds. The van der Waals surface area contributed by atoms with Gasteiger partial charge in [-0.05, 0) is 48.0 Å². The highest BCUT2D eigenvalue weighted by atomic mass is 35.5. The molecule has 0 radical (unpaired) electrons. The number of pyridine rings is 1. The summed E-state index contributed by atoms with van der Waals surface area (Å²) in [6, 6.07) is 14.0. The van der Waals surface area contributed by atoms with E-state index in [4.69, 9.17) is 21.1 Å². The molecule has 1 aromatic heterocycles. The molecule has 1 fully saturated rings. The van der Waals surface area contributed by atoms with Crippen LogP contribution in [0.5, 0.6) is 11.6 Å². The van der Waals surface area contributed by atoms with E-state index in [2.05, 4.69) is 4.98 Å². The van der Waals surface area contributed by atoms with Crippen LogP contribution in [-0.2, 0) is 10.9 Å². The molecule has 1 aliphatic heterocycles. The fourth-order valence-electron chi connectivity index (χ4n) is 3.07. The number of carbonyl (C=O) groups is 1. The molecule has 0 bridgehead atoms. The van der Waals surface area contributed by atoms with Gasteiger partial charge in [0.25, 0.3) is 0 Å². The lowest BCUT2D eigenvalue weighted by molar-refractivity contribution is -0.137. The first-order chi connectivity index (χ1) is 14.3. The van der Waals surface area contributed by atoms with Gasteiger partial charge in [-0.15, -0.1) is 0 Å². The summed E-state index contributed by atoms with van der Waals surface area (Å²) in [4.78, 5) is 17.7. The Labute approximate surface area is 174 Å². The molecule has 3 aromatic rings. The second-order valence-electron chi connectivity index (χ2n) is 6.50. The Balaban J connectivity index is 1.57. The molecule has 5 nitrogen and oxygen atoms in total. The minimum Gasteiger partial charge on any atom is -0.447 e. The van der Waals surface area contributed by atoms with Crippen molar-refractivity contribution in [3.63, 3.8) is 0 Å². The van der Waals surface area contributed by atoms with Crippen LogP contribution in [-0.4, -0.2) is 17.7 Å². The average Bonchev–Trinajstić information content (AvgIpc) is 3.11. The number of amides is 1. The number of benzene rings is 2. The number of alkyl halides is 3. The van der Waals surface area contributed by atoms with Crippen molar-refractivity contribution < 1.29 is 27.4 Å². The number of nitrogens with zero attached hydrogens (tertiary/aromatic N) is 2. The van der Waals surface area contributed by atoms with Crippen LogP contribution in [0.4, 0.5) is 23.7 Å². The number of ether oxygens (including phenoxy) is 2. The first kappa shape index (κ1) is 20.0. The highest BCUT2D eigenvalue weighted by Gasteiger charge is 2.37. The Morgan fingerprint density at radius 2 is 1.87 bits per heavy atom. The van der Waals surface area contributed by atoms with Crippen molar-refractivity contribution in [3.05, 3.63) is 83.0 Å². The van der Waals surface area contributed by atoms with E-state index in [0.29, 0.717) is 22.0 Å². The van der Waals surface area contributed by atoms with Crippen molar-refractivity contribution >= 4 is 23.4 Å². The molecular weight excluding hydrogens is 421 g/mol. The molecule has 0 N–H and O–H groups in total. The Morgan fingerprint density at radius 1 is 1.10 bits per heavy atom. The number of aromatic nitrogens is 1. The smallest absolute Gasteiger partial charge is 0.416 e. The van der Waals surface area contributed by atoms with Gasteiger partial charge >= 0.3 is 12.3 Å². The SMILES string of the molecule is O=C1OC[C@H](c2cccc(C(F)(F)F)c2)N1c1ccc(Oc2ccc(Cl)cc2)nc1. The van der Waals surface area contributed by atoms with Gasteiger partial charge in [0.15, 0.2) is 0 Å². The Hall–Kier alpha value is -3.26. The summed E-state index contributed by atoms with van der Waals surface area (Å²) in [5.74, 6) is 0.811.